The Morgan fingerprint density at radius 3 is 1.96 bits per heavy atom. The molecule has 1 fully saturated rings. The highest BCUT2D eigenvalue weighted by molar-refractivity contribution is 4.87. The molecular formula is C23H45N. The molecule has 0 amide bonds. The van der Waals surface area contributed by atoms with Gasteiger partial charge < -0.3 is 4.90 Å². The largest absolute Gasteiger partial charge is 0.300 e. The van der Waals surface area contributed by atoms with Crippen LogP contribution in [0.3, 0.4) is 0 Å². The Labute approximate surface area is 153 Å². The first-order valence-corrected chi connectivity index (χ1v) is 11.0. The minimum absolute atomic E-state index is 0.895. The Bertz CT molecular complexity index is 301. The zero-order valence-electron chi connectivity index (χ0n) is 17.1. The molecule has 24 heavy (non-hydrogen) atoms. The Hall–Kier alpha value is -0.300. The van der Waals surface area contributed by atoms with Crippen LogP contribution in [0.25, 0.3) is 0 Å². The molecule has 0 atom stereocenters. The van der Waals surface area contributed by atoms with Crippen LogP contribution in [0.5, 0.6) is 0 Å². The van der Waals surface area contributed by atoms with Gasteiger partial charge in [0.25, 0.3) is 0 Å². The molecule has 0 heterocycles. The Kier molecular flexibility index (Phi) is 12.6. The molecule has 1 heteroatoms. The van der Waals surface area contributed by atoms with E-state index in [1.807, 2.05) is 0 Å². The van der Waals surface area contributed by atoms with Crippen LogP contribution in [0.1, 0.15) is 111 Å². The van der Waals surface area contributed by atoms with E-state index in [0.29, 0.717) is 0 Å². The third kappa shape index (κ3) is 10.5. The van der Waals surface area contributed by atoms with Crippen molar-refractivity contribution in [3.05, 3.63) is 12.2 Å². The number of allylic oxidation sites excluding steroid dienone is 1. The van der Waals surface area contributed by atoms with Gasteiger partial charge in [-0.05, 0) is 77.3 Å². The summed E-state index contributed by atoms with van der Waals surface area (Å²) in [6, 6.07) is 0.895. The highest BCUT2D eigenvalue weighted by Gasteiger charge is 2.23. The molecule has 0 N–H and O–H groups in total. The van der Waals surface area contributed by atoms with Crippen LogP contribution in [0, 0.1) is 5.92 Å². The van der Waals surface area contributed by atoms with Crippen molar-refractivity contribution in [1.29, 1.82) is 0 Å². The summed E-state index contributed by atoms with van der Waals surface area (Å²) < 4.78 is 0. The van der Waals surface area contributed by atoms with Gasteiger partial charge in [-0.1, -0.05) is 57.9 Å². The van der Waals surface area contributed by atoms with Gasteiger partial charge in [0.2, 0.25) is 0 Å². The van der Waals surface area contributed by atoms with E-state index in [9.17, 15) is 0 Å². The van der Waals surface area contributed by atoms with Crippen LogP contribution in [0.2, 0.25) is 0 Å². The fourth-order valence-corrected chi connectivity index (χ4v) is 4.10. The summed E-state index contributed by atoms with van der Waals surface area (Å²) in [5, 5.41) is 0. The van der Waals surface area contributed by atoms with Crippen molar-refractivity contribution in [2.75, 3.05) is 13.1 Å². The summed E-state index contributed by atoms with van der Waals surface area (Å²) in [6.07, 6.45) is 19.6. The monoisotopic (exact) mass is 335 g/mol. The molecule has 0 bridgehead atoms. The second-order valence-electron chi connectivity index (χ2n) is 8.49. The van der Waals surface area contributed by atoms with Crippen LogP contribution in [-0.4, -0.2) is 24.0 Å². The van der Waals surface area contributed by atoms with E-state index in [2.05, 4.69) is 32.3 Å². The maximum atomic E-state index is 4.00. The Morgan fingerprint density at radius 2 is 1.38 bits per heavy atom. The van der Waals surface area contributed by atoms with E-state index in [0.717, 1.165) is 12.0 Å². The maximum Gasteiger partial charge on any atom is 0.00954 e. The van der Waals surface area contributed by atoms with Crippen molar-refractivity contribution < 1.29 is 0 Å². The number of rotatable bonds is 14. The Morgan fingerprint density at radius 1 is 0.833 bits per heavy atom. The molecule has 0 unspecified atom stereocenters. The van der Waals surface area contributed by atoms with Crippen molar-refractivity contribution in [2.45, 2.75) is 117 Å². The van der Waals surface area contributed by atoms with E-state index in [1.54, 1.807) is 0 Å². The van der Waals surface area contributed by atoms with E-state index < -0.39 is 0 Å². The summed E-state index contributed by atoms with van der Waals surface area (Å²) in [5.74, 6) is 0.969. The normalized spacial score (nSPS) is 21.3. The first kappa shape index (κ1) is 21.7. The number of hydrogen-bond donors (Lipinski definition) is 0. The zero-order valence-corrected chi connectivity index (χ0v) is 17.1. The average molecular weight is 336 g/mol. The zero-order chi connectivity index (χ0) is 17.6. The summed E-state index contributed by atoms with van der Waals surface area (Å²) >= 11 is 0. The van der Waals surface area contributed by atoms with Gasteiger partial charge in [0.15, 0.2) is 0 Å². The van der Waals surface area contributed by atoms with E-state index >= 15 is 0 Å². The molecule has 1 saturated carbocycles. The first-order chi connectivity index (χ1) is 11.6. The molecular weight excluding hydrogens is 290 g/mol. The summed E-state index contributed by atoms with van der Waals surface area (Å²) in [7, 11) is 0. The maximum absolute atomic E-state index is 4.00. The van der Waals surface area contributed by atoms with Gasteiger partial charge in [-0.3, -0.25) is 0 Å². The average Bonchev–Trinajstić information content (AvgIpc) is 2.56. The first-order valence-electron chi connectivity index (χ1n) is 11.0. The molecule has 1 rings (SSSR count). The lowest BCUT2D eigenvalue weighted by molar-refractivity contribution is 0.134. The molecule has 0 aliphatic heterocycles. The van der Waals surface area contributed by atoms with Crippen molar-refractivity contribution in [3.8, 4) is 0 Å². The second-order valence-corrected chi connectivity index (χ2v) is 8.49. The molecule has 1 aliphatic rings. The van der Waals surface area contributed by atoms with Crippen LogP contribution in [0.15, 0.2) is 12.2 Å². The number of nitrogens with zero attached hydrogens (tertiary/aromatic N) is 1. The van der Waals surface area contributed by atoms with Gasteiger partial charge in [-0.25, -0.2) is 0 Å². The van der Waals surface area contributed by atoms with E-state index in [1.165, 1.54) is 109 Å². The van der Waals surface area contributed by atoms with Crippen LogP contribution in [-0.2, 0) is 0 Å². The van der Waals surface area contributed by atoms with Gasteiger partial charge in [-0.2, -0.15) is 0 Å². The minimum Gasteiger partial charge on any atom is -0.300 e. The smallest absolute Gasteiger partial charge is 0.00954 e. The van der Waals surface area contributed by atoms with Crippen molar-refractivity contribution >= 4 is 0 Å². The fourth-order valence-electron chi connectivity index (χ4n) is 4.10. The molecule has 0 saturated heterocycles. The summed E-state index contributed by atoms with van der Waals surface area (Å²) in [5.41, 5.74) is 1.35. The molecule has 1 nitrogen and oxygen atoms in total. The summed E-state index contributed by atoms with van der Waals surface area (Å²) in [4.78, 5) is 2.87. The van der Waals surface area contributed by atoms with Crippen molar-refractivity contribution in [1.82, 2.24) is 4.90 Å². The van der Waals surface area contributed by atoms with Crippen LogP contribution >= 0.6 is 0 Å². The number of unbranched alkanes of at least 4 members (excludes halogenated alkanes) is 7. The fraction of sp³-hybridized carbons (Fsp3) is 0.913. The van der Waals surface area contributed by atoms with Crippen molar-refractivity contribution in [3.63, 3.8) is 0 Å². The lowest BCUT2D eigenvalue weighted by Gasteiger charge is -2.36. The standard InChI is InChI=1S/C23H45N/c1-5-6-7-12-19-24(23-17-15-22(4)16-18-23)20-13-10-8-9-11-14-21(2)3/h22-23H,2,5-20H2,1,3-4H3. The summed E-state index contributed by atoms with van der Waals surface area (Å²) in [6.45, 7) is 13.6. The molecule has 0 aromatic carbocycles. The van der Waals surface area contributed by atoms with Gasteiger partial charge in [0.05, 0.1) is 0 Å². The highest BCUT2D eigenvalue weighted by atomic mass is 15.1. The minimum atomic E-state index is 0.895. The lowest BCUT2D eigenvalue weighted by atomic mass is 9.86. The number of hydrogen-bond acceptors (Lipinski definition) is 1. The molecule has 0 spiro atoms. The topological polar surface area (TPSA) is 3.24 Å². The second kappa shape index (κ2) is 13.9. The third-order valence-corrected chi connectivity index (χ3v) is 5.85. The van der Waals surface area contributed by atoms with Gasteiger partial charge in [0, 0.05) is 6.04 Å². The quantitative estimate of drug-likeness (QED) is 0.237. The predicted molar refractivity (Wildman–Crippen MR) is 110 cm³/mol. The van der Waals surface area contributed by atoms with Gasteiger partial charge in [-0.15, -0.1) is 6.58 Å². The van der Waals surface area contributed by atoms with E-state index in [4.69, 9.17) is 0 Å². The Balaban J connectivity index is 2.21. The third-order valence-electron chi connectivity index (χ3n) is 5.85. The lowest BCUT2D eigenvalue weighted by Crippen LogP contribution is -2.39. The van der Waals surface area contributed by atoms with Gasteiger partial charge in [0.1, 0.15) is 0 Å². The van der Waals surface area contributed by atoms with Crippen LogP contribution in [0.4, 0.5) is 0 Å². The van der Waals surface area contributed by atoms with Crippen molar-refractivity contribution in [2.24, 2.45) is 5.92 Å². The predicted octanol–water partition coefficient (Wildman–Crippen LogP) is 7.36. The van der Waals surface area contributed by atoms with Gasteiger partial charge >= 0.3 is 0 Å². The molecule has 0 aromatic heterocycles. The molecule has 0 radical (unpaired) electrons. The van der Waals surface area contributed by atoms with Crippen LogP contribution < -0.4 is 0 Å². The molecule has 0 aromatic rings. The molecule has 142 valence electrons. The van der Waals surface area contributed by atoms with E-state index in [-0.39, 0.29) is 0 Å². The SMILES string of the molecule is C=C(C)CCCCCCCN(CCCCCC)C1CCC(C)CC1. The molecule has 1 aliphatic carbocycles. The highest BCUT2D eigenvalue weighted by Crippen LogP contribution is 2.27.